The maximum Gasteiger partial charge on any atom is 0.242 e. The van der Waals surface area contributed by atoms with Gasteiger partial charge in [0.2, 0.25) is 11.8 Å². The molecule has 1 saturated heterocycles. The van der Waals surface area contributed by atoms with Crippen molar-refractivity contribution in [1.82, 2.24) is 9.80 Å². The molecule has 0 aromatic rings. The zero-order valence-corrected chi connectivity index (χ0v) is 9.24. The number of likely N-dealkylation sites (N-methyl/N-ethyl adjacent to an activating group) is 1. The van der Waals surface area contributed by atoms with E-state index < -0.39 is 0 Å². The lowest BCUT2D eigenvalue weighted by Crippen LogP contribution is -2.40. The Balaban J connectivity index is 1.79. The molecule has 15 heavy (non-hydrogen) atoms. The lowest BCUT2D eigenvalue weighted by molar-refractivity contribution is -0.139. The Hall–Kier alpha value is -1.06. The molecule has 0 aromatic heterocycles. The Morgan fingerprint density at radius 3 is 2.40 bits per heavy atom. The summed E-state index contributed by atoms with van der Waals surface area (Å²) in [6, 6.07) is 0. The van der Waals surface area contributed by atoms with Gasteiger partial charge in [-0.25, -0.2) is 0 Å². The van der Waals surface area contributed by atoms with Gasteiger partial charge in [0.25, 0.3) is 0 Å². The molecule has 0 atom stereocenters. The summed E-state index contributed by atoms with van der Waals surface area (Å²) in [6.07, 6.45) is 4.21. The number of carbonyl (C=O) groups is 2. The standard InChI is InChI=1S/C11H18N2O2/c1-12(11(15)9-4-5-9)8-10(14)13-6-2-3-7-13/h9H,2-8H2,1H3. The minimum atomic E-state index is 0.101. The molecular formula is C11H18N2O2. The summed E-state index contributed by atoms with van der Waals surface area (Å²) < 4.78 is 0. The fourth-order valence-electron chi connectivity index (χ4n) is 1.99. The third-order valence-corrected chi connectivity index (χ3v) is 3.13. The van der Waals surface area contributed by atoms with Gasteiger partial charge in [0, 0.05) is 26.1 Å². The van der Waals surface area contributed by atoms with Crippen LogP contribution in [-0.4, -0.2) is 48.3 Å². The predicted molar refractivity (Wildman–Crippen MR) is 56.2 cm³/mol. The molecule has 2 amide bonds. The summed E-state index contributed by atoms with van der Waals surface area (Å²) in [5.74, 6) is 0.452. The molecule has 0 spiro atoms. The van der Waals surface area contributed by atoms with Crippen molar-refractivity contribution in [2.24, 2.45) is 5.92 Å². The molecule has 2 rings (SSSR count). The van der Waals surface area contributed by atoms with Crippen LogP contribution in [0.4, 0.5) is 0 Å². The SMILES string of the molecule is CN(CC(=O)N1CCCC1)C(=O)C1CC1. The van der Waals surface area contributed by atoms with Crippen molar-refractivity contribution < 1.29 is 9.59 Å². The number of hydrogen-bond acceptors (Lipinski definition) is 2. The van der Waals surface area contributed by atoms with Gasteiger partial charge < -0.3 is 9.80 Å². The van der Waals surface area contributed by atoms with E-state index in [-0.39, 0.29) is 24.3 Å². The van der Waals surface area contributed by atoms with Crippen molar-refractivity contribution in [3.63, 3.8) is 0 Å². The molecule has 84 valence electrons. The molecule has 0 radical (unpaired) electrons. The maximum atomic E-state index is 11.7. The van der Waals surface area contributed by atoms with Crippen LogP contribution in [0, 0.1) is 5.92 Å². The van der Waals surface area contributed by atoms with Crippen molar-refractivity contribution in [2.75, 3.05) is 26.7 Å². The molecule has 0 bridgehead atoms. The van der Waals surface area contributed by atoms with E-state index in [1.807, 2.05) is 4.90 Å². The fraction of sp³-hybridized carbons (Fsp3) is 0.818. The highest BCUT2D eigenvalue weighted by molar-refractivity contribution is 5.86. The number of amides is 2. The number of hydrogen-bond donors (Lipinski definition) is 0. The number of nitrogens with zero attached hydrogens (tertiary/aromatic N) is 2. The van der Waals surface area contributed by atoms with Crippen LogP contribution in [-0.2, 0) is 9.59 Å². The van der Waals surface area contributed by atoms with Crippen LogP contribution in [0.3, 0.4) is 0 Å². The third kappa shape index (κ3) is 2.49. The van der Waals surface area contributed by atoms with Crippen LogP contribution in [0.2, 0.25) is 0 Å². The van der Waals surface area contributed by atoms with Gasteiger partial charge in [-0.05, 0) is 25.7 Å². The number of carbonyl (C=O) groups excluding carboxylic acids is 2. The zero-order valence-electron chi connectivity index (χ0n) is 9.24. The van der Waals surface area contributed by atoms with Gasteiger partial charge in [0.15, 0.2) is 0 Å². The zero-order chi connectivity index (χ0) is 10.8. The van der Waals surface area contributed by atoms with Crippen molar-refractivity contribution in [3.8, 4) is 0 Å². The molecule has 0 N–H and O–H groups in total. The highest BCUT2D eigenvalue weighted by atomic mass is 16.2. The van der Waals surface area contributed by atoms with E-state index in [2.05, 4.69) is 0 Å². The molecule has 4 heteroatoms. The van der Waals surface area contributed by atoms with Crippen molar-refractivity contribution in [3.05, 3.63) is 0 Å². The Labute approximate surface area is 90.2 Å². The van der Waals surface area contributed by atoms with E-state index >= 15 is 0 Å². The highest BCUT2D eigenvalue weighted by Crippen LogP contribution is 2.30. The van der Waals surface area contributed by atoms with Crippen LogP contribution in [0.5, 0.6) is 0 Å². The monoisotopic (exact) mass is 210 g/mol. The van der Waals surface area contributed by atoms with Crippen LogP contribution in [0.15, 0.2) is 0 Å². The van der Waals surface area contributed by atoms with Gasteiger partial charge in [-0.2, -0.15) is 0 Å². The van der Waals surface area contributed by atoms with Crippen molar-refractivity contribution in [2.45, 2.75) is 25.7 Å². The molecule has 1 heterocycles. The summed E-state index contributed by atoms with van der Waals surface area (Å²) in [6.45, 7) is 1.99. The average Bonchev–Trinajstić information content (AvgIpc) is 2.91. The number of likely N-dealkylation sites (tertiary alicyclic amines) is 1. The topological polar surface area (TPSA) is 40.6 Å². The lowest BCUT2D eigenvalue weighted by atomic mass is 10.3. The third-order valence-electron chi connectivity index (χ3n) is 3.13. The smallest absolute Gasteiger partial charge is 0.242 e. The van der Waals surface area contributed by atoms with Gasteiger partial charge in [0.05, 0.1) is 6.54 Å². The highest BCUT2D eigenvalue weighted by Gasteiger charge is 2.33. The van der Waals surface area contributed by atoms with Gasteiger partial charge in [-0.1, -0.05) is 0 Å². The quantitative estimate of drug-likeness (QED) is 0.679. The molecule has 2 aliphatic rings. The Bertz CT molecular complexity index is 268. The Kier molecular flexibility index (Phi) is 2.93. The molecule has 1 saturated carbocycles. The van der Waals surface area contributed by atoms with E-state index in [4.69, 9.17) is 0 Å². The molecule has 2 fully saturated rings. The van der Waals surface area contributed by atoms with E-state index in [9.17, 15) is 9.59 Å². The van der Waals surface area contributed by atoms with E-state index in [1.54, 1.807) is 11.9 Å². The molecule has 1 aliphatic carbocycles. The first-order chi connectivity index (χ1) is 7.18. The Morgan fingerprint density at radius 1 is 1.27 bits per heavy atom. The van der Waals surface area contributed by atoms with E-state index in [0.29, 0.717) is 0 Å². The predicted octanol–water partition coefficient (Wildman–Crippen LogP) is 0.477. The van der Waals surface area contributed by atoms with Gasteiger partial charge >= 0.3 is 0 Å². The van der Waals surface area contributed by atoms with E-state index in [0.717, 1.165) is 38.8 Å². The summed E-state index contributed by atoms with van der Waals surface area (Å²) in [4.78, 5) is 26.8. The fourth-order valence-corrected chi connectivity index (χ4v) is 1.99. The van der Waals surface area contributed by atoms with Gasteiger partial charge in [-0.15, -0.1) is 0 Å². The molecule has 0 unspecified atom stereocenters. The first-order valence-electron chi connectivity index (χ1n) is 5.71. The summed E-state index contributed by atoms with van der Waals surface area (Å²) in [5.41, 5.74) is 0. The van der Waals surface area contributed by atoms with E-state index in [1.165, 1.54) is 0 Å². The first kappa shape index (κ1) is 10.5. The van der Waals surface area contributed by atoms with Crippen molar-refractivity contribution in [1.29, 1.82) is 0 Å². The Morgan fingerprint density at radius 2 is 1.87 bits per heavy atom. The molecule has 1 aliphatic heterocycles. The molecule has 0 aromatic carbocycles. The minimum Gasteiger partial charge on any atom is -0.341 e. The minimum absolute atomic E-state index is 0.101. The molecular weight excluding hydrogens is 192 g/mol. The normalized spacial score (nSPS) is 20.5. The van der Waals surface area contributed by atoms with Crippen molar-refractivity contribution >= 4 is 11.8 Å². The second-order valence-electron chi connectivity index (χ2n) is 4.56. The number of rotatable bonds is 3. The van der Waals surface area contributed by atoms with Gasteiger partial charge in [0.1, 0.15) is 0 Å². The second kappa shape index (κ2) is 4.21. The van der Waals surface area contributed by atoms with Gasteiger partial charge in [-0.3, -0.25) is 9.59 Å². The second-order valence-corrected chi connectivity index (χ2v) is 4.56. The van der Waals surface area contributed by atoms with Crippen LogP contribution in [0.25, 0.3) is 0 Å². The van der Waals surface area contributed by atoms with Crippen LogP contribution in [0.1, 0.15) is 25.7 Å². The summed E-state index contributed by atoms with van der Waals surface area (Å²) >= 11 is 0. The average molecular weight is 210 g/mol. The first-order valence-corrected chi connectivity index (χ1v) is 5.71. The maximum absolute atomic E-state index is 11.7. The van der Waals surface area contributed by atoms with Crippen LogP contribution >= 0.6 is 0 Å². The van der Waals surface area contributed by atoms with Crippen LogP contribution < -0.4 is 0 Å². The summed E-state index contributed by atoms with van der Waals surface area (Å²) in [5, 5.41) is 0. The summed E-state index contributed by atoms with van der Waals surface area (Å²) in [7, 11) is 1.73. The lowest BCUT2D eigenvalue weighted by Gasteiger charge is -2.21. The largest absolute Gasteiger partial charge is 0.341 e. The molecule has 4 nitrogen and oxygen atoms in total.